The largest absolute Gasteiger partial charge is 0.504 e. The molecule has 6 heteroatoms. The van der Waals surface area contributed by atoms with Gasteiger partial charge in [0.1, 0.15) is 0 Å². The van der Waals surface area contributed by atoms with Crippen LogP contribution in [0.1, 0.15) is 31.4 Å². The molecule has 0 spiro atoms. The highest BCUT2D eigenvalue weighted by molar-refractivity contribution is 5.42. The summed E-state index contributed by atoms with van der Waals surface area (Å²) in [4.78, 5) is 1.84. The SMILES string of the molecule is COc1cc(C(C)N2CCCC(C(F)(F)F)C2)ccc1O. The van der Waals surface area contributed by atoms with E-state index in [2.05, 4.69) is 0 Å². The summed E-state index contributed by atoms with van der Waals surface area (Å²) in [5, 5.41) is 9.59. The minimum absolute atomic E-state index is 0.0217. The summed E-state index contributed by atoms with van der Waals surface area (Å²) in [6.07, 6.45) is -3.39. The first kappa shape index (κ1) is 15.9. The highest BCUT2D eigenvalue weighted by atomic mass is 19.4. The third-order valence-electron chi connectivity index (χ3n) is 4.15. The number of phenols is 1. The fourth-order valence-corrected chi connectivity index (χ4v) is 2.79. The minimum Gasteiger partial charge on any atom is -0.504 e. The van der Waals surface area contributed by atoms with Crippen molar-refractivity contribution >= 4 is 0 Å². The van der Waals surface area contributed by atoms with Crippen LogP contribution in [0, 0.1) is 5.92 Å². The van der Waals surface area contributed by atoms with Crippen molar-refractivity contribution in [2.24, 2.45) is 5.92 Å². The molecule has 2 unspecified atom stereocenters. The zero-order valence-electron chi connectivity index (χ0n) is 12.2. The molecule has 1 aromatic rings. The molecule has 1 fully saturated rings. The van der Waals surface area contributed by atoms with E-state index in [-0.39, 0.29) is 24.8 Å². The highest BCUT2D eigenvalue weighted by Gasteiger charge is 2.42. The number of halogens is 3. The number of ether oxygens (including phenoxy) is 1. The molecule has 0 saturated carbocycles. The standard InChI is InChI=1S/C15H20F3NO2/c1-10(11-5-6-13(20)14(8-11)21-2)19-7-3-4-12(9-19)15(16,17)18/h5-6,8,10,12,20H,3-4,7,9H2,1-2H3. The van der Waals surface area contributed by atoms with E-state index in [1.165, 1.54) is 13.2 Å². The Balaban J connectivity index is 2.14. The highest BCUT2D eigenvalue weighted by Crippen LogP contribution is 2.37. The molecule has 21 heavy (non-hydrogen) atoms. The van der Waals surface area contributed by atoms with Crippen LogP contribution in [0.5, 0.6) is 11.5 Å². The summed E-state index contributed by atoms with van der Waals surface area (Å²) < 4.78 is 43.7. The number of phenolic OH excluding ortho intramolecular Hbond substituents is 1. The van der Waals surface area contributed by atoms with Crippen LogP contribution >= 0.6 is 0 Å². The van der Waals surface area contributed by atoms with E-state index in [4.69, 9.17) is 4.74 Å². The van der Waals surface area contributed by atoms with Crippen LogP contribution in [-0.2, 0) is 0 Å². The van der Waals surface area contributed by atoms with Gasteiger partial charge in [-0.15, -0.1) is 0 Å². The van der Waals surface area contributed by atoms with Gasteiger partial charge >= 0.3 is 6.18 Å². The molecular weight excluding hydrogens is 283 g/mol. The molecule has 1 heterocycles. The third kappa shape index (κ3) is 3.61. The van der Waals surface area contributed by atoms with Gasteiger partial charge in [-0.05, 0) is 44.0 Å². The van der Waals surface area contributed by atoms with Gasteiger partial charge in [-0.25, -0.2) is 0 Å². The molecule has 1 aromatic carbocycles. The number of hydrogen-bond acceptors (Lipinski definition) is 3. The van der Waals surface area contributed by atoms with Gasteiger partial charge in [0, 0.05) is 12.6 Å². The first-order chi connectivity index (χ1) is 9.82. The number of benzene rings is 1. The zero-order valence-corrected chi connectivity index (χ0v) is 12.2. The maximum atomic E-state index is 12.9. The smallest absolute Gasteiger partial charge is 0.393 e. The Hall–Kier alpha value is -1.43. The van der Waals surface area contributed by atoms with E-state index in [9.17, 15) is 18.3 Å². The topological polar surface area (TPSA) is 32.7 Å². The summed E-state index contributed by atoms with van der Waals surface area (Å²) in [5.74, 6) is -0.892. The molecule has 0 radical (unpaired) electrons. The number of hydrogen-bond donors (Lipinski definition) is 1. The molecule has 2 rings (SSSR count). The number of nitrogens with zero attached hydrogens (tertiary/aromatic N) is 1. The molecule has 2 atom stereocenters. The molecule has 0 bridgehead atoms. The summed E-state index contributed by atoms with van der Waals surface area (Å²) in [6, 6.07) is 4.76. The predicted octanol–water partition coefficient (Wildman–Crippen LogP) is 3.74. The van der Waals surface area contributed by atoms with Crippen molar-refractivity contribution in [2.45, 2.75) is 32.0 Å². The lowest BCUT2D eigenvalue weighted by Crippen LogP contribution is -2.42. The Morgan fingerprint density at radius 2 is 2.10 bits per heavy atom. The second-order valence-electron chi connectivity index (χ2n) is 5.48. The summed E-state index contributed by atoms with van der Waals surface area (Å²) >= 11 is 0. The van der Waals surface area contributed by atoms with Gasteiger partial charge in [0.05, 0.1) is 13.0 Å². The first-order valence-electron chi connectivity index (χ1n) is 7.00. The lowest BCUT2D eigenvalue weighted by atomic mass is 9.94. The Bertz CT molecular complexity index is 490. The molecular formula is C15H20F3NO2. The van der Waals surface area contributed by atoms with Crippen molar-refractivity contribution in [2.75, 3.05) is 20.2 Å². The molecule has 1 saturated heterocycles. The third-order valence-corrected chi connectivity index (χ3v) is 4.15. The van der Waals surface area contributed by atoms with Gasteiger partial charge in [-0.3, -0.25) is 4.90 Å². The van der Waals surface area contributed by atoms with E-state index >= 15 is 0 Å². The van der Waals surface area contributed by atoms with Gasteiger partial charge in [0.2, 0.25) is 0 Å². The number of rotatable bonds is 3. The van der Waals surface area contributed by atoms with Crippen LogP contribution in [-0.4, -0.2) is 36.4 Å². The average molecular weight is 303 g/mol. The second-order valence-corrected chi connectivity index (χ2v) is 5.48. The maximum absolute atomic E-state index is 12.9. The number of likely N-dealkylation sites (tertiary alicyclic amines) is 1. The predicted molar refractivity (Wildman–Crippen MR) is 73.4 cm³/mol. The lowest BCUT2D eigenvalue weighted by molar-refractivity contribution is -0.188. The van der Waals surface area contributed by atoms with E-state index in [1.807, 2.05) is 11.8 Å². The molecule has 0 amide bonds. The quantitative estimate of drug-likeness (QED) is 0.923. The van der Waals surface area contributed by atoms with Crippen molar-refractivity contribution < 1.29 is 23.0 Å². The molecule has 0 aliphatic carbocycles. The number of methoxy groups -OCH3 is 1. The zero-order chi connectivity index (χ0) is 15.6. The van der Waals surface area contributed by atoms with E-state index in [0.29, 0.717) is 18.7 Å². The van der Waals surface area contributed by atoms with Crippen LogP contribution in [0.15, 0.2) is 18.2 Å². The van der Waals surface area contributed by atoms with Gasteiger partial charge < -0.3 is 9.84 Å². The summed E-state index contributed by atoms with van der Waals surface area (Å²) in [7, 11) is 1.45. The van der Waals surface area contributed by atoms with Crippen molar-refractivity contribution in [1.82, 2.24) is 4.90 Å². The summed E-state index contributed by atoms with van der Waals surface area (Å²) in [6.45, 7) is 2.55. The van der Waals surface area contributed by atoms with E-state index in [1.54, 1.807) is 12.1 Å². The number of aromatic hydroxyl groups is 1. The maximum Gasteiger partial charge on any atom is 0.393 e. The number of alkyl halides is 3. The Morgan fingerprint density at radius 3 is 2.71 bits per heavy atom. The first-order valence-corrected chi connectivity index (χ1v) is 7.00. The summed E-state index contributed by atoms with van der Waals surface area (Å²) in [5.41, 5.74) is 0.840. The molecule has 0 aromatic heterocycles. The Morgan fingerprint density at radius 1 is 1.38 bits per heavy atom. The normalized spacial score (nSPS) is 22.0. The average Bonchev–Trinajstić information content (AvgIpc) is 2.46. The van der Waals surface area contributed by atoms with E-state index in [0.717, 1.165) is 5.56 Å². The molecule has 3 nitrogen and oxygen atoms in total. The van der Waals surface area contributed by atoms with Gasteiger partial charge in [-0.1, -0.05) is 6.07 Å². The van der Waals surface area contributed by atoms with Gasteiger partial charge in [-0.2, -0.15) is 13.2 Å². The monoisotopic (exact) mass is 303 g/mol. The van der Waals surface area contributed by atoms with Crippen molar-refractivity contribution in [1.29, 1.82) is 0 Å². The van der Waals surface area contributed by atoms with Gasteiger partial charge in [0.15, 0.2) is 11.5 Å². The molecule has 118 valence electrons. The van der Waals surface area contributed by atoms with Crippen LogP contribution in [0.4, 0.5) is 13.2 Å². The Kier molecular flexibility index (Phi) is 4.66. The fraction of sp³-hybridized carbons (Fsp3) is 0.600. The molecule has 1 aliphatic rings. The fourth-order valence-electron chi connectivity index (χ4n) is 2.79. The lowest BCUT2D eigenvalue weighted by Gasteiger charge is -2.37. The molecule has 1 N–H and O–H groups in total. The van der Waals surface area contributed by atoms with Crippen LogP contribution in [0.25, 0.3) is 0 Å². The van der Waals surface area contributed by atoms with Crippen LogP contribution < -0.4 is 4.74 Å². The van der Waals surface area contributed by atoms with Gasteiger partial charge in [0.25, 0.3) is 0 Å². The number of piperidine rings is 1. The second kappa shape index (κ2) is 6.13. The van der Waals surface area contributed by atoms with Crippen molar-refractivity contribution in [3.8, 4) is 11.5 Å². The Labute approximate surface area is 122 Å². The van der Waals surface area contributed by atoms with Crippen LogP contribution in [0.3, 0.4) is 0 Å². The van der Waals surface area contributed by atoms with E-state index < -0.39 is 12.1 Å². The van der Waals surface area contributed by atoms with Crippen molar-refractivity contribution in [3.05, 3.63) is 23.8 Å². The van der Waals surface area contributed by atoms with Crippen molar-refractivity contribution in [3.63, 3.8) is 0 Å². The minimum atomic E-state index is -4.13. The van der Waals surface area contributed by atoms with Crippen LogP contribution in [0.2, 0.25) is 0 Å². The molecule has 1 aliphatic heterocycles.